The highest BCUT2D eigenvalue weighted by molar-refractivity contribution is 7.17. The van der Waals surface area contributed by atoms with Gasteiger partial charge in [-0.1, -0.05) is 30.3 Å². The van der Waals surface area contributed by atoms with Crippen molar-refractivity contribution in [1.29, 1.82) is 0 Å². The van der Waals surface area contributed by atoms with E-state index in [0.717, 1.165) is 22.5 Å². The van der Waals surface area contributed by atoms with Crippen LogP contribution in [0.1, 0.15) is 20.9 Å². The zero-order valence-electron chi connectivity index (χ0n) is 13.9. The summed E-state index contributed by atoms with van der Waals surface area (Å²) in [6.07, 6.45) is 0. The van der Waals surface area contributed by atoms with Crippen molar-refractivity contribution in [3.05, 3.63) is 64.7 Å². The first-order chi connectivity index (χ1) is 12.1. The highest BCUT2D eigenvalue weighted by Crippen LogP contribution is 2.35. The van der Waals surface area contributed by atoms with Crippen LogP contribution in [0.25, 0.3) is 10.6 Å². The summed E-state index contributed by atoms with van der Waals surface area (Å²) in [5, 5.41) is 9.82. The van der Waals surface area contributed by atoms with E-state index in [1.54, 1.807) is 14.0 Å². The molecule has 1 aromatic heterocycles. The number of nitrogens with zero attached hydrogens (tertiary/aromatic N) is 1. The molecule has 0 fully saturated rings. The number of benzene rings is 2. The van der Waals surface area contributed by atoms with Crippen molar-refractivity contribution in [2.75, 3.05) is 7.11 Å². The molecule has 2 aromatic carbocycles. The van der Waals surface area contributed by atoms with Crippen LogP contribution in [0, 0.1) is 6.92 Å². The van der Waals surface area contributed by atoms with Crippen molar-refractivity contribution < 1.29 is 19.4 Å². The van der Waals surface area contributed by atoms with E-state index >= 15 is 0 Å². The van der Waals surface area contributed by atoms with E-state index in [9.17, 15) is 9.90 Å². The third-order valence-corrected chi connectivity index (χ3v) is 4.83. The van der Waals surface area contributed by atoms with E-state index in [2.05, 4.69) is 4.98 Å². The highest BCUT2D eigenvalue weighted by Gasteiger charge is 2.16. The second-order valence-corrected chi connectivity index (χ2v) is 6.38. The number of rotatable bonds is 6. The van der Waals surface area contributed by atoms with Gasteiger partial charge in [-0.2, -0.15) is 0 Å². The zero-order valence-corrected chi connectivity index (χ0v) is 14.7. The Morgan fingerprint density at radius 1 is 1.16 bits per heavy atom. The Kier molecular flexibility index (Phi) is 5.00. The molecule has 0 unspecified atom stereocenters. The number of hydrogen-bond acceptors (Lipinski definition) is 5. The summed E-state index contributed by atoms with van der Waals surface area (Å²) in [6, 6.07) is 15.3. The van der Waals surface area contributed by atoms with Gasteiger partial charge in [0.25, 0.3) is 0 Å². The number of carbonyl (C=O) groups is 1. The minimum Gasteiger partial charge on any atom is -0.493 e. The van der Waals surface area contributed by atoms with E-state index in [1.165, 1.54) is 0 Å². The van der Waals surface area contributed by atoms with Crippen LogP contribution >= 0.6 is 11.3 Å². The van der Waals surface area contributed by atoms with Gasteiger partial charge in [0.05, 0.1) is 12.8 Å². The molecule has 0 amide bonds. The Hall–Kier alpha value is -2.86. The average Bonchev–Trinajstić information content (AvgIpc) is 3.02. The molecule has 128 valence electrons. The van der Waals surface area contributed by atoms with Crippen LogP contribution < -0.4 is 9.47 Å². The van der Waals surface area contributed by atoms with Crippen LogP contribution in [0.4, 0.5) is 0 Å². The smallest absolute Gasteiger partial charge is 0.347 e. The lowest BCUT2D eigenvalue weighted by Crippen LogP contribution is -1.97. The first-order valence-electron chi connectivity index (χ1n) is 7.64. The quantitative estimate of drug-likeness (QED) is 0.709. The summed E-state index contributed by atoms with van der Waals surface area (Å²) in [7, 11) is 1.57. The fraction of sp³-hybridized carbons (Fsp3) is 0.158. The largest absolute Gasteiger partial charge is 0.493 e. The summed E-state index contributed by atoms with van der Waals surface area (Å²) >= 11 is 1.15. The molecule has 0 saturated heterocycles. The molecule has 1 heterocycles. The maximum absolute atomic E-state index is 11.2. The molecule has 6 heteroatoms. The Morgan fingerprint density at radius 2 is 1.92 bits per heavy atom. The van der Waals surface area contributed by atoms with Gasteiger partial charge in [0.15, 0.2) is 11.5 Å². The molecule has 1 N–H and O–H groups in total. The molecule has 0 spiro atoms. The van der Waals surface area contributed by atoms with Crippen LogP contribution in [-0.4, -0.2) is 23.2 Å². The minimum atomic E-state index is -0.962. The van der Waals surface area contributed by atoms with E-state index in [1.807, 2.05) is 48.5 Å². The second kappa shape index (κ2) is 7.36. The Bertz CT molecular complexity index is 890. The maximum atomic E-state index is 11.2. The molecule has 0 saturated carbocycles. The number of aryl methyl sites for hydroxylation is 1. The van der Waals surface area contributed by atoms with Gasteiger partial charge in [-0.05, 0) is 30.7 Å². The van der Waals surface area contributed by atoms with Gasteiger partial charge >= 0.3 is 5.97 Å². The number of carboxylic acids is 1. The van der Waals surface area contributed by atoms with Crippen molar-refractivity contribution in [3.8, 4) is 22.1 Å². The lowest BCUT2D eigenvalue weighted by molar-refractivity contribution is 0.0701. The van der Waals surface area contributed by atoms with Crippen molar-refractivity contribution >= 4 is 17.3 Å². The van der Waals surface area contributed by atoms with Gasteiger partial charge in [-0.3, -0.25) is 0 Å². The number of hydrogen-bond donors (Lipinski definition) is 1. The molecule has 0 aliphatic rings. The second-order valence-electron chi connectivity index (χ2n) is 5.38. The molecule has 0 aliphatic heterocycles. The van der Waals surface area contributed by atoms with E-state index in [-0.39, 0.29) is 4.88 Å². The fourth-order valence-corrected chi connectivity index (χ4v) is 3.27. The molecule has 25 heavy (non-hydrogen) atoms. The van der Waals surface area contributed by atoms with E-state index in [4.69, 9.17) is 9.47 Å². The van der Waals surface area contributed by atoms with E-state index < -0.39 is 5.97 Å². The summed E-state index contributed by atoms with van der Waals surface area (Å²) in [5.74, 6) is 0.246. The SMILES string of the molecule is COc1cc(-c2nc(C)c(C(=O)O)s2)ccc1OCc1ccccc1. The summed E-state index contributed by atoms with van der Waals surface area (Å²) in [4.78, 5) is 15.8. The predicted octanol–water partition coefficient (Wildman–Crippen LogP) is 4.40. The third kappa shape index (κ3) is 3.80. The van der Waals surface area contributed by atoms with Crippen LogP contribution in [0.2, 0.25) is 0 Å². The van der Waals surface area contributed by atoms with Crippen LogP contribution in [0.15, 0.2) is 48.5 Å². The minimum absolute atomic E-state index is 0.248. The Labute approximate surface area is 149 Å². The normalized spacial score (nSPS) is 10.5. The van der Waals surface area contributed by atoms with Gasteiger partial charge in [0.1, 0.15) is 16.5 Å². The fourth-order valence-electron chi connectivity index (χ4n) is 2.37. The molecular formula is C19H17NO4S. The molecule has 3 aromatic rings. The topological polar surface area (TPSA) is 68.7 Å². The average molecular weight is 355 g/mol. The van der Waals surface area contributed by atoms with Crippen molar-refractivity contribution in [2.24, 2.45) is 0 Å². The van der Waals surface area contributed by atoms with Gasteiger partial charge < -0.3 is 14.6 Å². The number of ether oxygens (including phenoxy) is 2. The molecule has 0 atom stereocenters. The molecule has 5 nitrogen and oxygen atoms in total. The summed E-state index contributed by atoms with van der Waals surface area (Å²) in [6.45, 7) is 2.13. The molecule has 0 aliphatic carbocycles. The lowest BCUT2D eigenvalue weighted by Gasteiger charge is -2.11. The van der Waals surface area contributed by atoms with E-state index in [0.29, 0.717) is 28.8 Å². The zero-order chi connectivity index (χ0) is 17.8. The maximum Gasteiger partial charge on any atom is 0.347 e. The summed E-state index contributed by atoms with van der Waals surface area (Å²) in [5.41, 5.74) is 2.37. The number of aromatic nitrogens is 1. The standard InChI is InChI=1S/C19H17NO4S/c1-12-17(19(21)22)25-18(20-12)14-8-9-15(16(10-14)23-2)24-11-13-6-4-3-5-7-13/h3-10H,11H2,1-2H3,(H,21,22). The lowest BCUT2D eigenvalue weighted by atomic mass is 10.2. The van der Waals surface area contributed by atoms with Crippen LogP contribution in [0.3, 0.4) is 0 Å². The Balaban J connectivity index is 1.84. The molecule has 0 bridgehead atoms. The summed E-state index contributed by atoms with van der Waals surface area (Å²) < 4.78 is 11.3. The van der Waals surface area contributed by atoms with Crippen molar-refractivity contribution in [1.82, 2.24) is 4.98 Å². The first-order valence-corrected chi connectivity index (χ1v) is 8.46. The van der Waals surface area contributed by atoms with Crippen molar-refractivity contribution in [2.45, 2.75) is 13.5 Å². The third-order valence-electron chi connectivity index (χ3n) is 3.64. The van der Waals surface area contributed by atoms with Crippen molar-refractivity contribution in [3.63, 3.8) is 0 Å². The van der Waals surface area contributed by atoms with Gasteiger partial charge in [0.2, 0.25) is 0 Å². The van der Waals surface area contributed by atoms with Gasteiger partial charge in [0, 0.05) is 5.56 Å². The number of carboxylic acid groups (broad SMARTS) is 1. The highest BCUT2D eigenvalue weighted by atomic mass is 32.1. The predicted molar refractivity (Wildman–Crippen MR) is 96.6 cm³/mol. The molecule has 0 radical (unpaired) electrons. The Morgan fingerprint density at radius 3 is 2.56 bits per heavy atom. The molecule has 3 rings (SSSR count). The molecular weight excluding hydrogens is 338 g/mol. The monoisotopic (exact) mass is 355 g/mol. The number of thiazole rings is 1. The first kappa shape index (κ1) is 17.0. The van der Waals surface area contributed by atoms with Gasteiger partial charge in [-0.15, -0.1) is 11.3 Å². The number of methoxy groups -OCH3 is 1. The van der Waals surface area contributed by atoms with Gasteiger partial charge in [-0.25, -0.2) is 9.78 Å². The number of aromatic carboxylic acids is 1. The van der Waals surface area contributed by atoms with Crippen LogP contribution in [-0.2, 0) is 6.61 Å². The van der Waals surface area contributed by atoms with Crippen LogP contribution in [0.5, 0.6) is 11.5 Å².